The number of hydrogen-bond donors (Lipinski definition) is 1. The van der Waals surface area contributed by atoms with Crippen LogP contribution in [0.4, 0.5) is 0 Å². The molecule has 1 aromatic carbocycles. The highest BCUT2D eigenvalue weighted by molar-refractivity contribution is 9.10. The van der Waals surface area contributed by atoms with E-state index >= 15 is 0 Å². The Labute approximate surface area is 140 Å². The monoisotopic (exact) mass is 398 g/mol. The van der Waals surface area contributed by atoms with Crippen LogP contribution in [0.5, 0.6) is 0 Å². The van der Waals surface area contributed by atoms with E-state index in [0.717, 1.165) is 10.2 Å². The fourth-order valence-corrected chi connectivity index (χ4v) is 3.65. The van der Waals surface area contributed by atoms with E-state index in [4.69, 9.17) is 0 Å². The van der Waals surface area contributed by atoms with Crippen LogP contribution in [-0.4, -0.2) is 23.4 Å². The molecule has 1 N–H and O–H groups in total. The number of halogens is 1. The summed E-state index contributed by atoms with van der Waals surface area (Å²) in [6.45, 7) is 0.0858. The molecule has 0 bridgehead atoms. The minimum atomic E-state index is -3.57. The molecule has 0 aliphatic heterocycles. The van der Waals surface area contributed by atoms with E-state index in [0.29, 0.717) is 5.69 Å². The van der Waals surface area contributed by atoms with Crippen LogP contribution in [0, 0.1) is 0 Å². The van der Waals surface area contributed by atoms with E-state index in [9.17, 15) is 8.42 Å². The molecule has 9 heteroatoms. The van der Waals surface area contributed by atoms with Crippen LogP contribution in [0.3, 0.4) is 0 Å². The molecular formula is C13H11BrN4O2S2. The molecule has 3 aromatic rings. The van der Waals surface area contributed by atoms with Gasteiger partial charge < -0.3 is 0 Å². The van der Waals surface area contributed by atoms with Crippen molar-refractivity contribution in [1.29, 1.82) is 0 Å². The van der Waals surface area contributed by atoms with Crippen molar-refractivity contribution >= 4 is 37.3 Å². The lowest BCUT2D eigenvalue weighted by Crippen LogP contribution is -2.23. The summed E-state index contributed by atoms with van der Waals surface area (Å²) in [4.78, 5) is 0.209. The molecule has 0 spiro atoms. The van der Waals surface area contributed by atoms with Crippen molar-refractivity contribution in [3.8, 4) is 5.69 Å². The van der Waals surface area contributed by atoms with E-state index in [-0.39, 0.29) is 11.4 Å². The molecule has 0 saturated carbocycles. The van der Waals surface area contributed by atoms with Gasteiger partial charge in [-0.15, -0.1) is 5.10 Å². The maximum absolute atomic E-state index is 12.2. The van der Waals surface area contributed by atoms with Gasteiger partial charge in [0.15, 0.2) is 0 Å². The summed E-state index contributed by atoms with van der Waals surface area (Å²) < 4.78 is 29.3. The van der Waals surface area contributed by atoms with Crippen molar-refractivity contribution in [3.05, 3.63) is 57.5 Å². The summed E-state index contributed by atoms with van der Waals surface area (Å²) in [5.41, 5.74) is 1.45. The molecule has 2 heterocycles. The van der Waals surface area contributed by atoms with Gasteiger partial charge in [0.2, 0.25) is 10.0 Å². The molecule has 0 saturated heterocycles. The van der Waals surface area contributed by atoms with Gasteiger partial charge in [-0.25, -0.2) is 17.8 Å². The summed E-state index contributed by atoms with van der Waals surface area (Å²) in [5, 5.41) is 11.8. The number of rotatable bonds is 5. The predicted molar refractivity (Wildman–Crippen MR) is 87.4 cm³/mol. The average Bonchev–Trinajstić information content (AvgIpc) is 3.17. The SMILES string of the molecule is O=S(=O)(NCc1cn(-c2ccsc2)nn1)c1ccc(Br)cc1. The van der Waals surface area contributed by atoms with E-state index in [1.807, 2.05) is 16.8 Å². The zero-order chi connectivity index (χ0) is 15.6. The van der Waals surface area contributed by atoms with Gasteiger partial charge in [0, 0.05) is 9.85 Å². The maximum atomic E-state index is 12.2. The van der Waals surface area contributed by atoms with E-state index in [1.54, 1.807) is 34.3 Å². The third-order valence-electron chi connectivity index (χ3n) is 2.88. The van der Waals surface area contributed by atoms with Gasteiger partial charge in [0.25, 0.3) is 0 Å². The molecule has 0 amide bonds. The van der Waals surface area contributed by atoms with Gasteiger partial charge in [-0.2, -0.15) is 11.3 Å². The molecule has 3 rings (SSSR count). The lowest BCUT2D eigenvalue weighted by molar-refractivity contribution is 0.580. The smallest absolute Gasteiger partial charge is 0.220 e. The number of aromatic nitrogens is 3. The number of nitrogens with zero attached hydrogens (tertiary/aromatic N) is 3. The van der Waals surface area contributed by atoms with Gasteiger partial charge in [0.1, 0.15) is 0 Å². The van der Waals surface area contributed by atoms with Gasteiger partial charge in [-0.05, 0) is 35.7 Å². The first kappa shape index (κ1) is 15.3. The zero-order valence-corrected chi connectivity index (χ0v) is 14.4. The quantitative estimate of drug-likeness (QED) is 0.716. The highest BCUT2D eigenvalue weighted by Crippen LogP contribution is 2.15. The normalized spacial score (nSPS) is 11.7. The minimum absolute atomic E-state index is 0.0858. The molecule has 22 heavy (non-hydrogen) atoms. The Balaban J connectivity index is 1.71. The predicted octanol–water partition coefficient (Wildman–Crippen LogP) is 2.57. The van der Waals surface area contributed by atoms with Crippen molar-refractivity contribution < 1.29 is 8.42 Å². The summed E-state index contributed by atoms with van der Waals surface area (Å²) in [5.74, 6) is 0. The maximum Gasteiger partial charge on any atom is 0.240 e. The highest BCUT2D eigenvalue weighted by atomic mass is 79.9. The van der Waals surface area contributed by atoms with Crippen LogP contribution in [0.2, 0.25) is 0 Å². The van der Waals surface area contributed by atoms with Crippen molar-refractivity contribution in [2.24, 2.45) is 0 Å². The number of hydrogen-bond acceptors (Lipinski definition) is 5. The van der Waals surface area contributed by atoms with Crippen LogP contribution in [0.25, 0.3) is 5.69 Å². The number of thiophene rings is 1. The van der Waals surface area contributed by atoms with E-state index < -0.39 is 10.0 Å². The largest absolute Gasteiger partial charge is 0.240 e. The summed E-state index contributed by atoms with van der Waals surface area (Å²) in [6, 6.07) is 8.35. The van der Waals surface area contributed by atoms with Crippen LogP contribution < -0.4 is 4.72 Å². The van der Waals surface area contributed by atoms with Crippen molar-refractivity contribution in [2.45, 2.75) is 11.4 Å². The van der Waals surface area contributed by atoms with Crippen molar-refractivity contribution in [1.82, 2.24) is 19.7 Å². The Bertz CT molecular complexity index is 858. The molecule has 2 aromatic heterocycles. The molecule has 6 nitrogen and oxygen atoms in total. The second-order valence-corrected chi connectivity index (χ2v) is 7.88. The van der Waals surface area contributed by atoms with Crippen LogP contribution in [0.1, 0.15) is 5.69 Å². The molecule has 114 valence electrons. The first-order valence-corrected chi connectivity index (χ1v) is 9.45. The summed E-state index contributed by atoms with van der Waals surface area (Å²) in [6.07, 6.45) is 1.70. The highest BCUT2D eigenvalue weighted by Gasteiger charge is 2.14. The Hall–Kier alpha value is -1.55. The van der Waals surface area contributed by atoms with E-state index in [1.165, 1.54) is 12.1 Å². The van der Waals surface area contributed by atoms with Crippen molar-refractivity contribution in [3.63, 3.8) is 0 Å². The fourth-order valence-electron chi connectivity index (χ4n) is 1.76. The Morgan fingerprint density at radius 3 is 2.68 bits per heavy atom. The number of nitrogens with one attached hydrogen (secondary N) is 1. The lowest BCUT2D eigenvalue weighted by atomic mass is 10.4. The molecule has 0 atom stereocenters. The fraction of sp³-hybridized carbons (Fsp3) is 0.0769. The number of benzene rings is 1. The summed E-state index contributed by atoms with van der Waals surface area (Å²) in [7, 11) is -3.57. The molecule has 0 unspecified atom stereocenters. The van der Waals surface area contributed by atoms with Crippen molar-refractivity contribution in [2.75, 3.05) is 0 Å². The molecule has 0 aliphatic carbocycles. The molecule has 0 radical (unpaired) electrons. The second kappa shape index (κ2) is 6.29. The molecule has 0 aliphatic rings. The lowest BCUT2D eigenvalue weighted by Gasteiger charge is -2.04. The Morgan fingerprint density at radius 1 is 1.23 bits per heavy atom. The standard InChI is InChI=1S/C13H11BrN4O2S2/c14-10-1-3-13(4-2-10)22(19,20)15-7-11-8-18(17-16-11)12-5-6-21-9-12/h1-6,8-9,15H,7H2. The van der Waals surface area contributed by atoms with Gasteiger partial charge in [0.05, 0.1) is 29.0 Å². The second-order valence-electron chi connectivity index (χ2n) is 4.41. The zero-order valence-electron chi connectivity index (χ0n) is 11.2. The van der Waals surface area contributed by atoms with Crippen LogP contribution in [-0.2, 0) is 16.6 Å². The molecular weight excluding hydrogens is 388 g/mol. The van der Waals surface area contributed by atoms with Crippen LogP contribution in [0.15, 0.2) is 56.7 Å². The van der Waals surface area contributed by atoms with Gasteiger partial charge >= 0.3 is 0 Å². The van der Waals surface area contributed by atoms with Gasteiger partial charge in [-0.3, -0.25) is 0 Å². The third kappa shape index (κ3) is 3.43. The van der Waals surface area contributed by atoms with E-state index in [2.05, 4.69) is 31.0 Å². The first-order chi connectivity index (χ1) is 10.5. The van der Waals surface area contributed by atoms with Crippen LogP contribution >= 0.6 is 27.3 Å². The Morgan fingerprint density at radius 2 is 2.00 bits per heavy atom. The topological polar surface area (TPSA) is 76.9 Å². The average molecular weight is 399 g/mol. The minimum Gasteiger partial charge on any atom is -0.220 e. The summed E-state index contributed by atoms with van der Waals surface area (Å²) >= 11 is 4.83. The molecule has 0 fully saturated rings. The van der Waals surface area contributed by atoms with Gasteiger partial charge in [-0.1, -0.05) is 21.1 Å². The Kier molecular flexibility index (Phi) is 4.39. The third-order valence-corrected chi connectivity index (χ3v) is 5.50. The first-order valence-electron chi connectivity index (χ1n) is 6.24. The number of sulfonamides is 1.